The van der Waals surface area contributed by atoms with Crippen LogP contribution in [0.1, 0.15) is 11.1 Å². The second kappa shape index (κ2) is 8.13. The SMILES string of the molecule is Cc1ccccc1-n1c(SCc2ccc(F)c(F)c2)nnc1-c1ccccc1F. The lowest BCUT2D eigenvalue weighted by Crippen LogP contribution is -2.03. The molecule has 1 heterocycles. The maximum Gasteiger partial charge on any atom is 0.196 e. The summed E-state index contributed by atoms with van der Waals surface area (Å²) in [6, 6.07) is 17.8. The summed E-state index contributed by atoms with van der Waals surface area (Å²) >= 11 is 1.32. The Labute approximate surface area is 170 Å². The normalized spacial score (nSPS) is 11.0. The molecule has 4 rings (SSSR count). The van der Waals surface area contributed by atoms with E-state index in [1.807, 2.05) is 31.2 Å². The van der Waals surface area contributed by atoms with Crippen molar-refractivity contribution in [3.05, 3.63) is 95.3 Å². The molecule has 29 heavy (non-hydrogen) atoms. The minimum Gasteiger partial charge on any atom is -0.270 e. The van der Waals surface area contributed by atoms with Gasteiger partial charge in [0.15, 0.2) is 22.6 Å². The number of halogens is 3. The Morgan fingerprint density at radius 1 is 0.828 bits per heavy atom. The van der Waals surface area contributed by atoms with E-state index in [1.54, 1.807) is 22.8 Å². The third-order valence-electron chi connectivity index (χ3n) is 4.46. The number of aryl methyl sites for hydroxylation is 1. The minimum atomic E-state index is -0.893. The molecule has 7 heteroatoms. The Morgan fingerprint density at radius 2 is 1.59 bits per heavy atom. The van der Waals surface area contributed by atoms with Gasteiger partial charge in [-0.15, -0.1) is 10.2 Å². The van der Waals surface area contributed by atoms with E-state index in [1.165, 1.54) is 23.9 Å². The maximum atomic E-state index is 14.4. The second-order valence-electron chi connectivity index (χ2n) is 6.45. The molecule has 0 atom stereocenters. The number of nitrogens with zero attached hydrogens (tertiary/aromatic N) is 3. The van der Waals surface area contributed by atoms with E-state index in [4.69, 9.17) is 0 Å². The average Bonchev–Trinajstić information content (AvgIpc) is 3.13. The number of benzene rings is 3. The molecule has 0 amide bonds. The molecule has 0 aliphatic carbocycles. The van der Waals surface area contributed by atoms with Crippen molar-refractivity contribution < 1.29 is 13.2 Å². The van der Waals surface area contributed by atoms with Crippen molar-refractivity contribution in [1.82, 2.24) is 14.8 Å². The van der Waals surface area contributed by atoms with Gasteiger partial charge in [0.2, 0.25) is 0 Å². The molecule has 146 valence electrons. The molecular weight excluding hydrogens is 395 g/mol. The Bertz CT molecular complexity index is 1170. The van der Waals surface area contributed by atoms with Crippen LogP contribution in [0.3, 0.4) is 0 Å². The zero-order valence-corrected chi connectivity index (χ0v) is 16.3. The van der Waals surface area contributed by atoms with Gasteiger partial charge in [-0.05, 0) is 48.4 Å². The first kappa shape index (κ1) is 19.3. The smallest absolute Gasteiger partial charge is 0.196 e. The van der Waals surface area contributed by atoms with E-state index in [9.17, 15) is 13.2 Å². The van der Waals surface area contributed by atoms with Gasteiger partial charge in [0.25, 0.3) is 0 Å². The zero-order valence-electron chi connectivity index (χ0n) is 15.4. The molecule has 1 aromatic heterocycles. The number of para-hydroxylation sites is 1. The molecule has 0 saturated heterocycles. The van der Waals surface area contributed by atoms with Gasteiger partial charge >= 0.3 is 0 Å². The van der Waals surface area contributed by atoms with Gasteiger partial charge in [0.1, 0.15) is 5.82 Å². The van der Waals surface area contributed by atoms with Gasteiger partial charge in [0, 0.05) is 5.75 Å². The Morgan fingerprint density at radius 3 is 2.34 bits per heavy atom. The second-order valence-corrected chi connectivity index (χ2v) is 7.39. The van der Waals surface area contributed by atoms with Gasteiger partial charge in [0.05, 0.1) is 11.3 Å². The molecule has 0 bridgehead atoms. The summed E-state index contributed by atoms with van der Waals surface area (Å²) in [6.45, 7) is 1.95. The largest absolute Gasteiger partial charge is 0.270 e. The molecule has 0 radical (unpaired) electrons. The highest BCUT2D eigenvalue weighted by Gasteiger charge is 2.19. The predicted molar refractivity (Wildman–Crippen MR) is 107 cm³/mol. The van der Waals surface area contributed by atoms with Crippen molar-refractivity contribution in [2.24, 2.45) is 0 Å². The fourth-order valence-electron chi connectivity index (χ4n) is 2.99. The topological polar surface area (TPSA) is 30.7 Å². The molecule has 0 unspecified atom stereocenters. The molecule has 0 aliphatic rings. The molecule has 0 N–H and O–H groups in total. The summed E-state index contributed by atoms with van der Waals surface area (Å²) < 4.78 is 42.9. The maximum absolute atomic E-state index is 14.4. The van der Waals surface area contributed by atoms with Gasteiger partial charge in [-0.25, -0.2) is 13.2 Å². The van der Waals surface area contributed by atoms with Crippen LogP contribution in [0.5, 0.6) is 0 Å². The quantitative estimate of drug-likeness (QED) is 0.380. The number of hydrogen-bond acceptors (Lipinski definition) is 3. The van der Waals surface area contributed by atoms with Crippen molar-refractivity contribution in [1.29, 1.82) is 0 Å². The van der Waals surface area contributed by atoms with E-state index in [-0.39, 0.29) is 0 Å². The third kappa shape index (κ3) is 3.91. The van der Waals surface area contributed by atoms with Crippen molar-refractivity contribution in [3.8, 4) is 17.1 Å². The lowest BCUT2D eigenvalue weighted by atomic mass is 10.1. The number of thioether (sulfide) groups is 1. The Balaban J connectivity index is 1.77. The molecular formula is C22H16F3N3S. The molecule has 3 nitrogen and oxygen atoms in total. The molecule has 0 aliphatic heterocycles. The first-order valence-electron chi connectivity index (χ1n) is 8.87. The van der Waals surface area contributed by atoms with E-state index in [0.29, 0.717) is 27.9 Å². The van der Waals surface area contributed by atoms with Crippen LogP contribution in [0.4, 0.5) is 13.2 Å². The van der Waals surface area contributed by atoms with Gasteiger partial charge < -0.3 is 0 Å². The summed E-state index contributed by atoms with van der Waals surface area (Å²) in [4.78, 5) is 0. The number of aromatic nitrogens is 3. The number of rotatable bonds is 5. The van der Waals surface area contributed by atoms with Crippen molar-refractivity contribution in [3.63, 3.8) is 0 Å². The van der Waals surface area contributed by atoms with E-state index < -0.39 is 17.5 Å². The predicted octanol–water partition coefficient (Wildman–Crippen LogP) is 5.95. The van der Waals surface area contributed by atoms with Crippen LogP contribution in [0.15, 0.2) is 71.9 Å². The van der Waals surface area contributed by atoms with Crippen molar-refractivity contribution in [2.45, 2.75) is 17.8 Å². The highest BCUT2D eigenvalue weighted by molar-refractivity contribution is 7.98. The monoisotopic (exact) mass is 411 g/mol. The van der Waals surface area contributed by atoms with Gasteiger partial charge in [-0.2, -0.15) is 0 Å². The molecule has 4 aromatic rings. The van der Waals surface area contributed by atoms with Crippen LogP contribution in [0, 0.1) is 24.4 Å². The molecule has 0 saturated carbocycles. The van der Waals surface area contributed by atoms with E-state index >= 15 is 0 Å². The summed E-state index contributed by atoms with van der Waals surface area (Å²) in [5.74, 6) is -1.44. The van der Waals surface area contributed by atoms with E-state index in [2.05, 4.69) is 10.2 Å². The lowest BCUT2D eigenvalue weighted by molar-refractivity contribution is 0.507. The Kier molecular flexibility index (Phi) is 5.40. The van der Waals surface area contributed by atoms with Gasteiger partial charge in [-0.3, -0.25) is 4.57 Å². The first-order chi connectivity index (χ1) is 14.0. The highest BCUT2D eigenvalue weighted by Crippen LogP contribution is 2.32. The fraction of sp³-hybridized carbons (Fsp3) is 0.0909. The summed E-state index contributed by atoms with van der Waals surface area (Å²) in [5, 5.41) is 9.00. The fourth-order valence-corrected chi connectivity index (χ4v) is 3.88. The van der Waals surface area contributed by atoms with Crippen LogP contribution in [0.25, 0.3) is 17.1 Å². The minimum absolute atomic E-state index is 0.336. The molecule has 0 fully saturated rings. The van der Waals surface area contributed by atoms with Crippen LogP contribution >= 0.6 is 11.8 Å². The van der Waals surface area contributed by atoms with Crippen molar-refractivity contribution in [2.75, 3.05) is 0 Å². The Hall–Kier alpha value is -3.06. The van der Waals surface area contributed by atoms with Gasteiger partial charge in [-0.1, -0.05) is 48.2 Å². The first-order valence-corrected chi connectivity index (χ1v) is 9.86. The van der Waals surface area contributed by atoms with E-state index in [0.717, 1.165) is 23.4 Å². The lowest BCUT2D eigenvalue weighted by Gasteiger charge is -2.13. The standard InChI is InChI=1S/C22H16F3N3S/c1-14-6-2-5-9-20(14)28-21(16-7-3-4-8-17(16)23)26-27-22(28)29-13-15-10-11-18(24)19(25)12-15/h2-12H,13H2,1H3. The highest BCUT2D eigenvalue weighted by atomic mass is 32.2. The van der Waals surface area contributed by atoms with Crippen LogP contribution in [-0.2, 0) is 5.75 Å². The van der Waals surface area contributed by atoms with Crippen LogP contribution in [-0.4, -0.2) is 14.8 Å². The van der Waals surface area contributed by atoms with Crippen LogP contribution < -0.4 is 0 Å². The number of hydrogen-bond donors (Lipinski definition) is 0. The summed E-state index contributed by atoms with van der Waals surface area (Å²) in [6.07, 6.45) is 0. The zero-order chi connectivity index (χ0) is 20.4. The summed E-state index contributed by atoms with van der Waals surface area (Å²) in [5.41, 5.74) is 2.74. The van der Waals surface area contributed by atoms with Crippen molar-refractivity contribution >= 4 is 11.8 Å². The van der Waals surface area contributed by atoms with Crippen LogP contribution in [0.2, 0.25) is 0 Å². The molecule has 0 spiro atoms. The molecule has 3 aromatic carbocycles. The third-order valence-corrected chi connectivity index (χ3v) is 5.46. The summed E-state index contributed by atoms with van der Waals surface area (Å²) in [7, 11) is 0. The average molecular weight is 411 g/mol.